The molecule has 0 aromatic heterocycles. The molecule has 0 atom stereocenters. The van der Waals surface area contributed by atoms with Gasteiger partial charge in [0, 0.05) is 28.6 Å². The lowest BCUT2D eigenvalue weighted by Crippen LogP contribution is -2.40. The Morgan fingerprint density at radius 2 is 0.831 bits per heavy atom. The average molecular weight is 817 g/mol. The fourth-order valence-corrected chi connectivity index (χ4v) is 5.22. The molecule has 0 heterocycles. The molecule has 59 heavy (non-hydrogen) atoms. The van der Waals surface area contributed by atoms with Crippen molar-refractivity contribution in [1.82, 2.24) is 21.3 Å². The van der Waals surface area contributed by atoms with E-state index in [1.807, 2.05) is 0 Å². The van der Waals surface area contributed by atoms with Crippen molar-refractivity contribution in [2.24, 2.45) is 0 Å². The van der Waals surface area contributed by atoms with E-state index in [1.54, 1.807) is 48.5 Å². The van der Waals surface area contributed by atoms with E-state index in [0.717, 1.165) is 0 Å². The largest absolute Gasteiger partial charge is 0.493 e. The van der Waals surface area contributed by atoms with Crippen LogP contribution in [-0.4, -0.2) is 104 Å². The van der Waals surface area contributed by atoms with Gasteiger partial charge in [0.1, 0.15) is 11.5 Å². The van der Waals surface area contributed by atoms with E-state index >= 15 is 0 Å². The van der Waals surface area contributed by atoms with Crippen molar-refractivity contribution >= 4 is 46.8 Å². The molecule has 4 aromatic carbocycles. The number of amides is 6. The molecule has 4 rings (SSSR count). The summed E-state index contributed by atoms with van der Waals surface area (Å²) in [6, 6.07) is 18.7. The van der Waals surface area contributed by atoms with Crippen molar-refractivity contribution in [3.05, 3.63) is 83.9 Å². The summed E-state index contributed by atoms with van der Waals surface area (Å²) >= 11 is 0. The summed E-state index contributed by atoms with van der Waals surface area (Å²) in [5.41, 5.74) is 1.16. The van der Waals surface area contributed by atoms with E-state index in [9.17, 15) is 28.8 Å². The summed E-state index contributed by atoms with van der Waals surface area (Å²) in [6.07, 6.45) is 0. The fourth-order valence-electron chi connectivity index (χ4n) is 5.22. The van der Waals surface area contributed by atoms with Crippen LogP contribution in [0.3, 0.4) is 0 Å². The smallest absolute Gasteiger partial charge is 0.251 e. The van der Waals surface area contributed by atoms with Crippen LogP contribution in [0, 0.1) is 0 Å². The van der Waals surface area contributed by atoms with Crippen LogP contribution in [0.4, 0.5) is 11.4 Å². The minimum absolute atomic E-state index is 0.172. The van der Waals surface area contributed by atoms with Crippen LogP contribution in [0.5, 0.6) is 46.0 Å². The first-order valence-corrected chi connectivity index (χ1v) is 17.6. The molecule has 0 fully saturated rings. The molecule has 0 bridgehead atoms. The lowest BCUT2D eigenvalue weighted by molar-refractivity contribution is -0.123. The van der Waals surface area contributed by atoms with Gasteiger partial charge in [0.05, 0.1) is 68.8 Å². The van der Waals surface area contributed by atoms with E-state index < -0.39 is 48.5 Å². The Morgan fingerprint density at radius 1 is 0.424 bits per heavy atom. The number of rotatable bonds is 20. The standard InChI is InChI=1S/C40H44N6O13/c1-53-29-14-23(15-30(54-2)37(29)57-5)39(51)43-19-33(47)41-21-35(49)45-25-10-12-27(13-11-25)59-28-9-7-8-26(18-28)46-36(50)22-42-34(48)20-44-40(52)24-16-31(55-3)38(58-6)32(17-24)56-4/h7-18H,19-22H2,1-6H3,(H,41,47)(H,42,48)(H,43,51)(H,44,52)(H,45,49)(H,46,50). The average Bonchev–Trinajstić information content (AvgIpc) is 3.25. The molecular formula is C40H44N6O13. The van der Waals surface area contributed by atoms with Crippen LogP contribution >= 0.6 is 0 Å². The Bertz CT molecular complexity index is 2110. The number of hydrogen-bond acceptors (Lipinski definition) is 13. The van der Waals surface area contributed by atoms with E-state index in [-0.39, 0.29) is 47.2 Å². The zero-order valence-corrected chi connectivity index (χ0v) is 33.1. The van der Waals surface area contributed by atoms with Gasteiger partial charge in [-0.3, -0.25) is 28.8 Å². The zero-order valence-electron chi connectivity index (χ0n) is 33.1. The molecule has 0 saturated carbocycles. The predicted octanol–water partition coefficient (Wildman–Crippen LogP) is 2.50. The monoisotopic (exact) mass is 816 g/mol. The van der Waals surface area contributed by atoms with Crippen molar-refractivity contribution < 1.29 is 61.9 Å². The number of anilines is 2. The molecule has 4 aromatic rings. The van der Waals surface area contributed by atoms with Gasteiger partial charge in [-0.2, -0.15) is 0 Å². The fraction of sp³-hybridized carbons (Fsp3) is 0.250. The first-order valence-electron chi connectivity index (χ1n) is 17.6. The molecule has 312 valence electrons. The lowest BCUT2D eigenvalue weighted by atomic mass is 10.1. The molecule has 6 N–H and O–H groups in total. The van der Waals surface area contributed by atoms with Crippen LogP contribution < -0.4 is 65.1 Å². The number of carbonyl (C=O) groups is 6. The quantitative estimate of drug-likeness (QED) is 0.0753. The number of hydrogen-bond donors (Lipinski definition) is 6. The van der Waals surface area contributed by atoms with Gasteiger partial charge in [0.2, 0.25) is 35.1 Å². The van der Waals surface area contributed by atoms with Gasteiger partial charge < -0.3 is 65.1 Å². The Morgan fingerprint density at radius 3 is 1.24 bits per heavy atom. The SMILES string of the molecule is COc1cc(C(=O)NCC(=O)NCC(=O)Nc2ccc(Oc3cccc(NC(=O)CNC(=O)CNC(=O)c4cc(OC)c(OC)c(OC)c4)c3)cc2)cc(OC)c1OC. The second kappa shape index (κ2) is 21.6. The van der Waals surface area contributed by atoms with Crippen LogP contribution in [-0.2, 0) is 19.2 Å². The zero-order chi connectivity index (χ0) is 42.9. The summed E-state index contributed by atoms with van der Waals surface area (Å²) in [4.78, 5) is 75.0. The first-order chi connectivity index (χ1) is 28.4. The molecule has 0 unspecified atom stereocenters. The van der Waals surface area contributed by atoms with Gasteiger partial charge in [-0.1, -0.05) is 6.07 Å². The van der Waals surface area contributed by atoms with Crippen LogP contribution in [0.1, 0.15) is 20.7 Å². The molecule has 19 heteroatoms. The van der Waals surface area contributed by atoms with Gasteiger partial charge in [-0.05, 0) is 60.7 Å². The van der Waals surface area contributed by atoms with E-state index in [4.69, 9.17) is 33.2 Å². The Balaban J connectivity index is 1.17. The highest BCUT2D eigenvalue weighted by Gasteiger charge is 2.19. The highest BCUT2D eigenvalue weighted by Crippen LogP contribution is 2.39. The lowest BCUT2D eigenvalue weighted by Gasteiger charge is -2.14. The third kappa shape index (κ3) is 12.7. The highest BCUT2D eigenvalue weighted by molar-refractivity contribution is 6.00. The molecule has 0 aliphatic rings. The maximum atomic E-state index is 12.7. The Hall–Kier alpha value is -7.70. The minimum Gasteiger partial charge on any atom is -0.493 e. The molecule has 0 saturated heterocycles. The summed E-state index contributed by atoms with van der Waals surface area (Å²) in [6.45, 7) is -1.51. The van der Waals surface area contributed by atoms with Gasteiger partial charge in [0.15, 0.2) is 23.0 Å². The minimum atomic E-state index is -0.599. The first kappa shape index (κ1) is 44.0. The molecule has 0 aliphatic carbocycles. The maximum absolute atomic E-state index is 12.7. The second-order valence-electron chi connectivity index (χ2n) is 12.0. The summed E-state index contributed by atoms with van der Waals surface area (Å²) in [7, 11) is 8.52. The van der Waals surface area contributed by atoms with Crippen molar-refractivity contribution in [3.63, 3.8) is 0 Å². The van der Waals surface area contributed by atoms with E-state index in [2.05, 4.69) is 31.9 Å². The van der Waals surface area contributed by atoms with Gasteiger partial charge in [-0.25, -0.2) is 0 Å². The number of nitrogens with one attached hydrogen (secondary N) is 6. The van der Waals surface area contributed by atoms with Crippen molar-refractivity contribution in [2.45, 2.75) is 0 Å². The molecule has 0 aliphatic heterocycles. The number of methoxy groups -OCH3 is 6. The highest BCUT2D eigenvalue weighted by atomic mass is 16.5. The van der Waals surface area contributed by atoms with Gasteiger partial charge in [0.25, 0.3) is 11.8 Å². The third-order valence-corrected chi connectivity index (χ3v) is 8.06. The molecular weight excluding hydrogens is 772 g/mol. The van der Waals surface area contributed by atoms with Crippen LogP contribution in [0.2, 0.25) is 0 Å². The number of benzene rings is 4. The van der Waals surface area contributed by atoms with Crippen LogP contribution in [0.25, 0.3) is 0 Å². The van der Waals surface area contributed by atoms with Gasteiger partial charge >= 0.3 is 0 Å². The summed E-state index contributed by atoms with van der Waals surface area (Å²) in [5.74, 6) is -0.859. The summed E-state index contributed by atoms with van der Waals surface area (Å²) in [5, 5.41) is 15.1. The maximum Gasteiger partial charge on any atom is 0.251 e. The Labute approximate surface area is 339 Å². The van der Waals surface area contributed by atoms with E-state index in [0.29, 0.717) is 34.4 Å². The molecule has 0 radical (unpaired) electrons. The Kier molecular flexibility index (Phi) is 16.1. The van der Waals surface area contributed by atoms with Crippen molar-refractivity contribution in [3.8, 4) is 46.0 Å². The molecule has 0 spiro atoms. The second-order valence-corrected chi connectivity index (χ2v) is 12.0. The van der Waals surface area contributed by atoms with Crippen LogP contribution in [0.15, 0.2) is 72.8 Å². The molecule has 6 amide bonds. The number of carbonyl (C=O) groups excluding carboxylic acids is 6. The number of ether oxygens (including phenoxy) is 7. The summed E-state index contributed by atoms with van der Waals surface area (Å²) < 4.78 is 37.4. The topological polar surface area (TPSA) is 239 Å². The predicted molar refractivity (Wildman–Crippen MR) is 213 cm³/mol. The molecule has 19 nitrogen and oxygen atoms in total. The van der Waals surface area contributed by atoms with E-state index in [1.165, 1.54) is 66.9 Å². The van der Waals surface area contributed by atoms with Gasteiger partial charge in [-0.15, -0.1) is 0 Å². The normalized spacial score (nSPS) is 10.2. The van der Waals surface area contributed by atoms with Crippen molar-refractivity contribution in [2.75, 3.05) is 79.5 Å². The van der Waals surface area contributed by atoms with Crippen molar-refractivity contribution in [1.29, 1.82) is 0 Å². The third-order valence-electron chi connectivity index (χ3n) is 8.06.